The van der Waals surface area contributed by atoms with Crippen molar-refractivity contribution in [3.05, 3.63) is 60.4 Å². The highest BCUT2D eigenvalue weighted by atomic mass is 16.5. The number of hydrogen-bond donors (Lipinski definition) is 1. The summed E-state index contributed by atoms with van der Waals surface area (Å²) in [5, 5.41) is 7.19. The summed E-state index contributed by atoms with van der Waals surface area (Å²) in [6, 6.07) is 12.9. The monoisotopic (exact) mass is 436 g/mol. The number of nitrogens with one attached hydrogen (secondary N) is 1. The van der Waals surface area contributed by atoms with Crippen LogP contribution in [-0.4, -0.2) is 55.2 Å². The van der Waals surface area contributed by atoms with Crippen LogP contribution in [0.3, 0.4) is 0 Å². The standard InChI is InChI=1S/C24H28N4O4/c1-3-31-22-17-21(27-12-14-30-15-13-27)23(32-4-2)16-20(22)26-24(29)18-6-8-19(9-7-18)28-11-5-10-25-28/h5-11,16-17H,3-4,12-15H2,1-2H3,(H,26,29). The minimum absolute atomic E-state index is 0.223. The fourth-order valence-electron chi connectivity index (χ4n) is 3.63. The molecule has 0 bridgehead atoms. The Kier molecular flexibility index (Phi) is 6.91. The maximum atomic E-state index is 13.0. The molecule has 1 amide bonds. The van der Waals surface area contributed by atoms with Gasteiger partial charge in [0, 0.05) is 43.2 Å². The zero-order valence-electron chi connectivity index (χ0n) is 18.4. The second-order valence-corrected chi connectivity index (χ2v) is 7.23. The summed E-state index contributed by atoms with van der Waals surface area (Å²) in [6.07, 6.45) is 3.57. The number of morpholine rings is 1. The van der Waals surface area contributed by atoms with E-state index in [1.54, 1.807) is 23.0 Å². The van der Waals surface area contributed by atoms with E-state index in [0.29, 0.717) is 49.2 Å². The lowest BCUT2D eigenvalue weighted by atomic mass is 10.1. The van der Waals surface area contributed by atoms with Crippen LogP contribution in [0.4, 0.5) is 11.4 Å². The Morgan fingerprint density at radius 3 is 2.44 bits per heavy atom. The van der Waals surface area contributed by atoms with Crippen molar-refractivity contribution in [2.75, 3.05) is 49.7 Å². The number of ether oxygens (including phenoxy) is 3. The molecule has 8 nitrogen and oxygen atoms in total. The van der Waals surface area contributed by atoms with Gasteiger partial charge in [-0.05, 0) is 44.2 Å². The van der Waals surface area contributed by atoms with E-state index >= 15 is 0 Å². The van der Waals surface area contributed by atoms with Crippen molar-refractivity contribution in [2.24, 2.45) is 0 Å². The molecule has 1 fully saturated rings. The van der Waals surface area contributed by atoms with E-state index in [-0.39, 0.29) is 5.91 Å². The molecule has 1 aliphatic heterocycles. The predicted octanol–water partition coefficient (Wildman–Crippen LogP) is 3.76. The van der Waals surface area contributed by atoms with E-state index in [1.165, 1.54) is 0 Å². The molecule has 0 unspecified atom stereocenters. The van der Waals surface area contributed by atoms with Gasteiger partial charge >= 0.3 is 0 Å². The molecule has 1 saturated heterocycles. The summed E-state index contributed by atoms with van der Waals surface area (Å²) in [6.45, 7) is 7.76. The van der Waals surface area contributed by atoms with Crippen LogP contribution in [0.5, 0.6) is 11.5 Å². The molecule has 1 aliphatic rings. The van der Waals surface area contributed by atoms with Gasteiger partial charge in [0.1, 0.15) is 11.5 Å². The third-order valence-corrected chi connectivity index (χ3v) is 5.16. The topological polar surface area (TPSA) is 77.9 Å². The summed E-state index contributed by atoms with van der Waals surface area (Å²) in [5.41, 5.74) is 2.95. The van der Waals surface area contributed by atoms with E-state index < -0.39 is 0 Å². The Morgan fingerprint density at radius 1 is 1.06 bits per heavy atom. The van der Waals surface area contributed by atoms with E-state index in [4.69, 9.17) is 14.2 Å². The molecule has 32 heavy (non-hydrogen) atoms. The Labute approximate surface area is 187 Å². The molecule has 0 aliphatic carbocycles. The molecular formula is C24H28N4O4. The molecule has 168 valence electrons. The molecular weight excluding hydrogens is 408 g/mol. The van der Waals surface area contributed by atoms with Gasteiger partial charge in [-0.3, -0.25) is 4.79 Å². The first kappa shape index (κ1) is 21.7. The number of rotatable bonds is 8. The quantitative estimate of drug-likeness (QED) is 0.579. The van der Waals surface area contributed by atoms with Gasteiger partial charge in [-0.25, -0.2) is 4.68 Å². The van der Waals surface area contributed by atoms with Crippen molar-refractivity contribution in [1.29, 1.82) is 0 Å². The molecule has 0 radical (unpaired) electrons. The van der Waals surface area contributed by atoms with Gasteiger partial charge < -0.3 is 24.4 Å². The molecule has 3 aromatic rings. The van der Waals surface area contributed by atoms with Crippen LogP contribution in [0.25, 0.3) is 5.69 Å². The Bertz CT molecular complexity index is 1030. The van der Waals surface area contributed by atoms with E-state index in [1.807, 2.05) is 50.4 Å². The SMILES string of the molecule is CCOc1cc(N2CCOCC2)c(OCC)cc1NC(=O)c1ccc(-n2cccn2)cc1. The van der Waals surface area contributed by atoms with Gasteiger partial charge in [-0.1, -0.05) is 0 Å². The van der Waals surface area contributed by atoms with Crippen molar-refractivity contribution < 1.29 is 19.0 Å². The number of nitrogens with zero attached hydrogens (tertiary/aromatic N) is 3. The van der Waals surface area contributed by atoms with Crippen molar-refractivity contribution >= 4 is 17.3 Å². The first-order valence-electron chi connectivity index (χ1n) is 10.9. The highest BCUT2D eigenvalue weighted by Gasteiger charge is 2.20. The van der Waals surface area contributed by atoms with Crippen LogP contribution in [0, 0.1) is 0 Å². The molecule has 1 N–H and O–H groups in total. The van der Waals surface area contributed by atoms with Crippen molar-refractivity contribution in [3.63, 3.8) is 0 Å². The highest BCUT2D eigenvalue weighted by Crippen LogP contribution is 2.39. The van der Waals surface area contributed by atoms with Crippen LogP contribution in [0.1, 0.15) is 24.2 Å². The van der Waals surface area contributed by atoms with Gasteiger partial charge in [0.25, 0.3) is 5.91 Å². The lowest BCUT2D eigenvalue weighted by Gasteiger charge is -2.31. The summed E-state index contributed by atoms with van der Waals surface area (Å²) in [5.74, 6) is 1.10. The largest absolute Gasteiger partial charge is 0.492 e. The number of carbonyl (C=O) groups excluding carboxylic acids is 1. The van der Waals surface area contributed by atoms with Crippen LogP contribution in [0.15, 0.2) is 54.9 Å². The van der Waals surface area contributed by atoms with Crippen molar-refractivity contribution in [1.82, 2.24) is 9.78 Å². The fourth-order valence-corrected chi connectivity index (χ4v) is 3.63. The van der Waals surface area contributed by atoms with Gasteiger partial charge in [0.15, 0.2) is 0 Å². The number of hydrogen-bond acceptors (Lipinski definition) is 6. The van der Waals surface area contributed by atoms with E-state index in [0.717, 1.165) is 24.5 Å². The number of carbonyl (C=O) groups is 1. The number of amides is 1. The highest BCUT2D eigenvalue weighted by molar-refractivity contribution is 6.05. The first-order chi connectivity index (χ1) is 15.7. The maximum absolute atomic E-state index is 13.0. The Hall–Kier alpha value is -3.52. The number of aromatic nitrogens is 2. The van der Waals surface area contributed by atoms with Crippen LogP contribution in [-0.2, 0) is 4.74 Å². The van der Waals surface area contributed by atoms with Crippen molar-refractivity contribution in [2.45, 2.75) is 13.8 Å². The normalized spacial score (nSPS) is 13.6. The van der Waals surface area contributed by atoms with Crippen LogP contribution < -0.4 is 19.7 Å². The fraction of sp³-hybridized carbons (Fsp3) is 0.333. The first-order valence-corrected chi connectivity index (χ1v) is 10.9. The summed E-state index contributed by atoms with van der Waals surface area (Å²) >= 11 is 0. The molecule has 1 aromatic heterocycles. The maximum Gasteiger partial charge on any atom is 0.255 e. The molecule has 2 heterocycles. The Balaban J connectivity index is 1.59. The minimum atomic E-state index is -0.223. The van der Waals surface area contributed by atoms with Crippen molar-refractivity contribution in [3.8, 4) is 17.2 Å². The minimum Gasteiger partial charge on any atom is -0.492 e. The number of benzene rings is 2. The van der Waals surface area contributed by atoms with Gasteiger partial charge in [-0.15, -0.1) is 0 Å². The summed E-state index contributed by atoms with van der Waals surface area (Å²) in [4.78, 5) is 15.2. The number of anilines is 2. The van der Waals surface area contributed by atoms with Gasteiger partial charge in [0.2, 0.25) is 0 Å². The van der Waals surface area contributed by atoms with Crippen LogP contribution >= 0.6 is 0 Å². The van der Waals surface area contributed by atoms with E-state index in [9.17, 15) is 4.79 Å². The second kappa shape index (κ2) is 10.2. The summed E-state index contributed by atoms with van der Waals surface area (Å²) < 4.78 is 19.0. The summed E-state index contributed by atoms with van der Waals surface area (Å²) in [7, 11) is 0. The lowest BCUT2D eigenvalue weighted by Crippen LogP contribution is -2.36. The smallest absolute Gasteiger partial charge is 0.255 e. The predicted molar refractivity (Wildman–Crippen MR) is 123 cm³/mol. The van der Waals surface area contributed by atoms with Gasteiger partial charge in [-0.2, -0.15) is 5.10 Å². The van der Waals surface area contributed by atoms with Crippen LogP contribution in [0.2, 0.25) is 0 Å². The zero-order chi connectivity index (χ0) is 22.3. The molecule has 0 saturated carbocycles. The molecule has 0 atom stereocenters. The third-order valence-electron chi connectivity index (χ3n) is 5.16. The van der Waals surface area contributed by atoms with E-state index in [2.05, 4.69) is 15.3 Å². The second-order valence-electron chi connectivity index (χ2n) is 7.23. The average molecular weight is 437 g/mol. The molecule has 0 spiro atoms. The zero-order valence-corrected chi connectivity index (χ0v) is 18.4. The molecule has 8 heteroatoms. The third kappa shape index (κ3) is 4.86. The van der Waals surface area contributed by atoms with Gasteiger partial charge in [0.05, 0.1) is 43.5 Å². The molecule has 2 aromatic carbocycles. The molecule has 4 rings (SSSR count). The Morgan fingerprint density at radius 2 is 1.78 bits per heavy atom. The average Bonchev–Trinajstić information content (AvgIpc) is 3.36. The lowest BCUT2D eigenvalue weighted by molar-refractivity contribution is 0.102.